The molecule has 4 nitrogen and oxygen atoms in total. The molecule has 1 aromatic rings. The van der Waals surface area contributed by atoms with Crippen LogP contribution < -0.4 is 0 Å². The number of guanidine groups is 1. The van der Waals surface area contributed by atoms with Gasteiger partial charge in [-0.2, -0.15) is 4.99 Å². The zero-order valence-corrected chi connectivity index (χ0v) is 9.71. The molecule has 4 rings (SSSR count). The Balaban J connectivity index is 1.82. The molecule has 0 saturated carbocycles. The Bertz CT molecular complexity index is 617. The Labute approximate surface area is 104 Å². The largest absolute Gasteiger partial charge is 0.301 e. The van der Waals surface area contributed by atoms with Crippen molar-refractivity contribution in [2.45, 2.75) is 18.4 Å². The van der Waals surface area contributed by atoms with Crippen LogP contribution in [-0.4, -0.2) is 28.5 Å². The molecule has 1 aromatic carbocycles. The molecular weight excluding hydrogens is 226 g/mol. The molecule has 1 aliphatic carbocycles. The third-order valence-electron chi connectivity index (χ3n) is 3.87. The van der Waals surface area contributed by atoms with Crippen LogP contribution >= 0.6 is 0 Å². The molecule has 0 N–H and O–H groups in total. The molecule has 88 valence electrons. The highest BCUT2D eigenvalue weighted by molar-refractivity contribution is 6.10. The van der Waals surface area contributed by atoms with Crippen LogP contribution in [0, 0.1) is 0 Å². The Morgan fingerprint density at radius 3 is 2.61 bits per heavy atom. The van der Waals surface area contributed by atoms with E-state index in [1.54, 1.807) is 6.21 Å². The number of allylic oxidation sites excluding steroid dienone is 1. The van der Waals surface area contributed by atoms with Crippen LogP contribution in [0.1, 0.15) is 11.1 Å². The van der Waals surface area contributed by atoms with Crippen molar-refractivity contribution in [1.82, 2.24) is 4.90 Å². The van der Waals surface area contributed by atoms with E-state index in [-0.39, 0.29) is 5.91 Å². The molecule has 0 radical (unpaired) electrons. The molecule has 0 unspecified atom stereocenters. The lowest BCUT2D eigenvalue weighted by Crippen LogP contribution is -2.50. The van der Waals surface area contributed by atoms with E-state index in [0.717, 1.165) is 12.8 Å². The highest BCUT2D eigenvalue weighted by Crippen LogP contribution is 2.39. The van der Waals surface area contributed by atoms with E-state index in [4.69, 9.17) is 0 Å². The van der Waals surface area contributed by atoms with Gasteiger partial charge in [0.05, 0.1) is 0 Å². The van der Waals surface area contributed by atoms with Crippen LogP contribution in [0.2, 0.25) is 0 Å². The molecule has 0 atom stereocenters. The number of benzene rings is 1. The maximum absolute atomic E-state index is 12.3. The Morgan fingerprint density at radius 2 is 1.89 bits per heavy atom. The minimum Gasteiger partial charge on any atom is -0.301 e. The molecule has 0 bridgehead atoms. The number of nitrogens with zero attached hydrogens (tertiary/aromatic N) is 3. The lowest BCUT2D eigenvalue weighted by Gasteiger charge is -2.31. The normalized spacial score (nSPS) is 22.3. The zero-order chi connectivity index (χ0) is 12.2. The second-order valence-electron chi connectivity index (χ2n) is 4.86. The van der Waals surface area contributed by atoms with Crippen molar-refractivity contribution in [3.8, 4) is 0 Å². The molecule has 4 heteroatoms. The average Bonchev–Trinajstić information content (AvgIpc) is 2.90. The van der Waals surface area contributed by atoms with E-state index in [1.807, 2.05) is 29.3 Å². The third kappa shape index (κ3) is 1.07. The van der Waals surface area contributed by atoms with Gasteiger partial charge in [0.25, 0.3) is 5.91 Å². The molecule has 3 aliphatic rings. The third-order valence-corrected chi connectivity index (χ3v) is 3.87. The van der Waals surface area contributed by atoms with Gasteiger partial charge in [0.1, 0.15) is 5.54 Å². The summed E-state index contributed by atoms with van der Waals surface area (Å²) in [7, 11) is 0. The zero-order valence-electron chi connectivity index (χ0n) is 9.71. The fourth-order valence-corrected chi connectivity index (χ4v) is 2.99. The van der Waals surface area contributed by atoms with Crippen LogP contribution in [0.4, 0.5) is 0 Å². The second kappa shape index (κ2) is 3.16. The van der Waals surface area contributed by atoms with Gasteiger partial charge in [0.15, 0.2) is 0 Å². The maximum Gasteiger partial charge on any atom is 0.275 e. The van der Waals surface area contributed by atoms with Crippen LogP contribution in [-0.2, 0) is 17.6 Å². The highest BCUT2D eigenvalue weighted by Gasteiger charge is 2.53. The second-order valence-corrected chi connectivity index (χ2v) is 4.86. The first-order valence-corrected chi connectivity index (χ1v) is 6.00. The highest BCUT2D eigenvalue weighted by atomic mass is 16.2. The first-order valence-electron chi connectivity index (χ1n) is 6.00. The molecular formula is C14H11N3O. The van der Waals surface area contributed by atoms with E-state index in [1.165, 1.54) is 11.1 Å². The van der Waals surface area contributed by atoms with Crippen molar-refractivity contribution in [1.29, 1.82) is 0 Å². The average molecular weight is 237 g/mol. The van der Waals surface area contributed by atoms with Gasteiger partial charge in [0.2, 0.25) is 5.96 Å². The smallest absolute Gasteiger partial charge is 0.275 e. The van der Waals surface area contributed by atoms with Crippen molar-refractivity contribution in [3.63, 3.8) is 0 Å². The van der Waals surface area contributed by atoms with Crippen LogP contribution in [0.15, 0.2) is 46.5 Å². The van der Waals surface area contributed by atoms with Gasteiger partial charge in [-0.3, -0.25) is 4.79 Å². The number of hydrogen-bond acceptors (Lipinski definition) is 3. The molecule has 2 heterocycles. The number of hydrogen-bond donors (Lipinski definition) is 0. The fraction of sp³-hybridized carbons (Fsp3) is 0.214. The summed E-state index contributed by atoms with van der Waals surface area (Å²) in [6.45, 7) is 0. The Hall–Kier alpha value is -2.23. The number of carbonyl (C=O) groups is 1. The summed E-state index contributed by atoms with van der Waals surface area (Å²) in [5.41, 5.74) is 1.92. The van der Waals surface area contributed by atoms with Crippen LogP contribution in [0.3, 0.4) is 0 Å². The van der Waals surface area contributed by atoms with Crippen molar-refractivity contribution < 1.29 is 4.79 Å². The van der Waals surface area contributed by atoms with E-state index in [0.29, 0.717) is 5.96 Å². The fourth-order valence-electron chi connectivity index (χ4n) is 2.99. The van der Waals surface area contributed by atoms with Gasteiger partial charge in [-0.15, -0.1) is 0 Å². The molecule has 0 fully saturated rings. The van der Waals surface area contributed by atoms with E-state index >= 15 is 0 Å². The van der Waals surface area contributed by atoms with Gasteiger partial charge in [-0.25, -0.2) is 4.99 Å². The maximum atomic E-state index is 12.3. The topological polar surface area (TPSA) is 45.0 Å². The molecule has 1 spiro atoms. The predicted octanol–water partition coefficient (Wildman–Crippen LogP) is 1.32. The minimum atomic E-state index is -0.562. The van der Waals surface area contributed by atoms with Gasteiger partial charge >= 0.3 is 0 Å². The summed E-state index contributed by atoms with van der Waals surface area (Å²) in [5.74, 6) is 0.452. The number of carbonyl (C=O) groups excluding carboxylic acids is 1. The molecule has 0 aromatic heterocycles. The lowest BCUT2D eigenvalue weighted by atomic mass is 9.94. The summed E-state index contributed by atoms with van der Waals surface area (Å²) < 4.78 is 0. The summed E-state index contributed by atoms with van der Waals surface area (Å²) in [6, 6.07) is 8.21. The van der Waals surface area contributed by atoms with Gasteiger partial charge < -0.3 is 4.90 Å². The first-order chi connectivity index (χ1) is 8.79. The molecule has 1 amide bonds. The summed E-state index contributed by atoms with van der Waals surface area (Å²) in [5, 5.41) is 0. The van der Waals surface area contributed by atoms with Crippen molar-refractivity contribution in [3.05, 3.63) is 47.7 Å². The molecule has 18 heavy (non-hydrogen) atoms. The number of rotatable bonds is 0. The van der Waals surface area contributed by atoms with Crippen LogP contribution in [0.5, 0.6) is 0 Å². The monoisotopic (exact) mass is 237 g/mol. The summed E-state index contributed by atoms with van der Waals surface area (Å²) in [4.78, 5) is 22.5. The van der Waals surface area contributed by atoms with E-state index in [9.17, 15) is 4.79 Å². The van der Waals surface area contributed by atoms with Crippen LogP contribution in [0.25, 0.3) is 0 Å². The number of aliphatic imine (C=N–C) groups is 2. The molecule has 0 saturated heterocycles. The standard InChI is InChI=1S/C14H11N3O/c18-12-14(17-7-3-6-15-13(17)16-12)8-10-4-1-2-5-11(10)9-14/h1-7H,8-9H2. The summed E-state index contributed by atoms with van der Waals surface area (Å²) in [6.07, 6.45) is 6.86. The quantitative estimate of drug-likeness (QED) is 0.683. The van der Waals surface area contributed by atoms with E-state index in [2.05, 4.69) is 22.1 Å². The van der Waals surface area contributed by atoms with Crippen molar-refractivity contribution in [2.75, 3.05) is 0 Å². The Morgan fingerprint density at radius 1 is 1.17 bits per heavy atom. The van der Waals surface area contributed by atoms with E-state index < -0.39 is 5.54 Å². The SMILES string of the molecule is O=C1N=C2N=CC=CN2C12Cc1ccccc1C2. The number of amides is 1. The van der Waals surface area contributed by atoms with Gasteiger partial charge in [-0.1, -0.05) is 24.3 Å². The van der Waals surface area contributed by atoms with Crippen molar-refractivity contribution in [2.24, 2.45) is 9.98 Å². The summed E-state index contributed by atoms with van der Waals surface area (Å²) >= 11 is 0. The number of fused-ring (bicyclic) bond motifs is 3. The predicted molar refractivity (Wildman–Crippen MR) is 68.5 cm³/mol. The molecule has 2 aliphatic heterocycles. The lowest BCUT2D eigenvalue weighted by molar-refractivity contribution is -0.124. The van der Waals surface area contributed by atoms with Gasteiger partial charge in [0, 0.05) is 25.3 Å². The first kappa shape index (κ1) is 9.76. The minimum absolute atomic E-state index is 0.0719. The van der Waals surface area contributed by atoms with Crippen molar-refractivity contribution >= 4 is 18.1 Å². The van der Waals surface area contributed by atoms with Gasteiger partial charge in [-0.05, 0) is 17.2 Å². The Kier molecular flexibility index (Phi) is 1.71.